The molecule has 166 valence electrons. The van der Waals surface area contributed by atoms with Crippen molar-refractivity contribution in [2.75, 3.05) is 7.11 Å². The highest BCUT2D eigenvalue weighted by atomic mass is 19.1. The SMILES string of the molecule is COC(=O)[C@@H](Cc1cccc2ccccc12)NC(=O)[C@H](Cc1ccc(F)cc1)NC(C)=O. The number of fused-ring (bicyclic) bond motifs is 1. The molecule has 0 aliphatic carbocycles. The molecule has 3 aromatic rings. The molecule has 32 heavy (non-hydrogen) atoms. The van der Waals surface area contributed by atoms with Gasteiger partial charge in [-0.3, -0.25) is 9.59 Å². The molecule has 2 atom stereocenters. The minimum atomic E-state index is -0.942. The van der Waals surface area contributed by atoms with E-state index in [9.17, 15) is 18.8 Å². The largest absolute Gasteiger partial charge is 0.467 e. The second kappa shape index (κ2) is 10.5. The third-order valence-electron chi connectivity index (χ3n) is 5.15. The van der Waals surface area contributed by atoms with E-state index in [4.69, 9.17) is 4.74 Å². The van der Waals surface area contributed by atoms with Gasteiger partial charge in [0.05, 0.1) is 7.11 Å². The summed E-state index contributed by atoms with van der Waals surface area (Å²) in [6, 6.07) is 17.3. The summed E-state index contributed by atoms with van der Waals surface area (Å²) in [7, 11) is 1.26. The van der Waals surface area contributed by atoms with Gasteiger partial charge in [0.2, 0.25) is 11.8 Å². The number of ether oxygens (including phenoxy) is 1. The number of hydrogen-bond acceptors (Lipinski definition) is 4. The fourth-order valence-corrected chi connectivity index (χ4v) is 3.61. The Balaban J connectivity index is 1.81. The van der Waals surface area contributed by atoms with E-state index in [1.54, 1.807) is 12.1 Å². The van der Waals surface area contributed by atoms with Crippen molar-refractivity contribution < 1.29 is 23.5 Å². The van der Waals surface area contributed by atoms with E-state index < -0.39 is 35.7 Å². The third kappa shape index (κ3) is 5.91. The van der Waals surface area contributed by atoms with Crippen LogP contribution in [0.5, 0.6) is 0 Å². The van der Waals surface area contributed by atoms with Crippen LogP contribution in [0.25, 0.3) is 10.8 Å². The van der Waals surface area contributed by atoms with Gasteiger partial charge in [0.25, 0.3) is 0 Å². The standard InChI is InChI=1S/C25H25FN2O4/c1-16(29)27-22(14-17-10-12-20(26)13-11-17)24(30)28-23(25(31)32-2)15-19-8-5-7-18-6-3-4-9-21(18)19/h3-13,22-23H,14-15H2,1-2H3,(H,27,29)(H,28,30)/t22-,23+/m0/s1. The lowest BCUT2D eigenvalue weighted by Crippen LogP contribution is -2.53. The van der Waals surface area contributed by atoms with Gasteiger partial charge in [0.15, 0.2) is 0 Å². The molecule has 0 radical (unpaired) electrons. The van der Waals surface area contributed by atoms with Crippen LogP contribution in [0.2, 0.25) is 0 Å². The fourth-order valence-electron chi connectivity index (χ4n) is 3.61. The van der Waals surface area contributed by atoms with Crippen LogP contribution >= 0.6 is 0 Å². The number of nitrogens with one attached hydrogen (secondary N) is 2. The average Bonchev–Trinajstić information content (AvgIpc) is 2.79. The first-order valence-corrected chi connectivity index (χ1v) is 10.2. The lowest BCUT2D eigenvalue weighted by molar-refractivity contribution is -0.145. The zero-order valence-corrected chi connectivity index (χ0v) is 17.9. The second-order valence-corrected chi connectivity index (χ2v) is 7.51. The maximum atomic E-state index is 13.2. The number of amides is 2. The normalized spacial score (nSPS) is 12.6. The Morgan fingerprint density at radius 2 is 1.56 bits per heavy atom. The molecule has 0 saturated carbocycles. The zero-order valence-electron chi connectivity index (χ0n) is 17.9. The molecule has 0 aromatic heterocycles. The molecular weight excluding hydrogens is 411 g/mol. The summed E-state index contributed by atoms with van der Waals surface area (Å²) in [5, 5.41) is 7.31. The van der Waals surface area contributed by atoms with E-state index >= 15 is 0 Å². The van der Waals surface area contributed by atoms with Gasteiger partial charge in [-0.1, -0.05) is 54.6 Å². The Morgan fingerprint density at radius 1 is 0.875 bits per heavy atom. The molecule has 0 spiro atoms. The molecule has 0 unspecified atom stereocenters. The number of benzene rings is 3. The summed E-state index contributed by atoms with van der Waals surface area (Å²) in [4.78, 5) is 37.2. The third-order valence-corrected chi connectivity index (χ3v) is 5.15. The van der Waals surface area contributed by atoms with Gasteiger partial charge in [-0.15, -0.1) is 0 Å². The molecule has 0 heterocycles. The van der Waals surface area contributed by atoms with Crippen LogP contribution in [0.15, 0.2) is 66.7 Å². The van der Waals surface area contributed by atoms with Gasteiger partial charge >= 0.3 is 5.97 Å². The Bertz CT molecular complexity index is 1110. The number of hydrogen-bond donors (Lipinski definition) is 2. The second-order valence-electron chi connectivity index (χ2n) is 7.51. The molecule has 0 saturated heterocycles. The molecule has 0 aliphatic rings. The van der Waals surface area contributed by atoms with E-state index in [2.05, 4.69) is 10.6 Å². The van der Waals surface area contributed by atoms with Crippen LogP contribution in [0.4, 0.5) is 4.39 Å². The van der Waals surface area contributed by atoms with Crippen molar-refractivity contribution >= 4 is 28.6 Å². The van der Waals surface area contributed by atoms with Crippen molar-refractivity contribution in [1.29, 1.82) is 0 Å². The van der Waals surface area contributed by atoms with Crippen LogP contribution in [-0.2, 0) is 32.0 Å². The van der Waals surface area contributed by atoms with Gasteiger partial charge in [0, 0.05) is 19.8 Å². The smallest absolute Gasteiger partial charge is 0.328 e. The number of methoxy groups -OCH3 is 1. The number of carbonyl (C=O) groups is 3. The van der Waals surface area contributed by atoms with E-state index in [0.717, 1.165) is 16.3 Å². The lowest BCUT2D eigenvalue weighted by Gasteiger charge is -2.22. The highest BCUT2D eigenvalue weighted by molar-refractivity contribution is 5.91. The first-order valence-electron chi connectivity index (χ1n) is 10.2. The van der Waals surface area contributed by atoms with Crippen molar-refractivity contribution in [3.63, 3.8) is 0 Å². The number of rotatable bonds is 8. The monoisotopic (exact) mass is 436 g/mol. The minimum Gasteiger partial charge on any atom is -0.467 e. The molecular formula is C25H25FN2O4. The fraction of sp³-hybridized carbons (Fsp3) is 0.240. The average molecular weight is 436 g/mol. The molecule has 0 aliphatic heterocycles. The number of carbonyl (C=O) groups excluding carboxylic acids is 3. The highest BCUT2D eigenvalue weighted by Crippen LogP contribution is 2.20. The summed E-state index contributed by atoms with van der Waals surface area (Å²) in [5.41, 5.74) is 1.55. The van der Waals surface area contributed by atoms with Crippen molar-refractivity contribution in [2.45, 2.75) is 31.8 Å². The molecule has 6 nitrogen and oxygen atoms in total. The summed E-state index contributed by atoms with van der Waals surface area (Å²) in [6.07, 6.45) is 0.372. The lowest BCUT2D eigenvalue weighted by atomic mass is 9.98. The van der Waals surface area contributed by atoms with E-state index in [1.165, 1.54) is 26.2 Å². The summed E-state index contributed by atoms with van der Waals surface area (Å²) < 4.78 is 18.1. The Kier molecular flexibility index (Phi) is 7.54. The Morgan fingerprint density at radius 3 is 2.25 bits per heavy atom. The van der Waals surface area contributed by atoms with Crippen LogP contribution in [0.1, 0.15) is 18.1 Å². The van der Waals surface area contributed by atoms with Crippen molar-refractivity contribution in [3.8, 4) is 0 Å². The molecule has 0 bridgehead atoms. The molecule has 3 rings (SSSR count). The maximum Gasteiger partial charge on any atom is 0.328 e. The first-order chi connectivity index (χ1) is 15.4. The summed E-state index contributed by atoms with van der Waals surface area (Å²) >= 11 is 0. The quantitative estimate of drug-likeness (QED) is 0.532. The van der Waals surface area contributed by atoms with E-state index in [-0.39, 0.29) is 12.8 Å². The van der Waals surface area contributed by atoms with Gasteiger partial charge in [-0.05, 0) is 34.0 Å². The Labute approximate surface area is 185 Å². The predicted molar refractivity (Wildman–Crippen MR) is 119 cm³/mol. The predicted octanol–water partition coefficient (Wildman–Crippen LogP) is 2.93. The van der Waals surface area contributed by atoms with Gasteiger partial charge in [-0.25, -0.2) is 9.18 Å². The zero-order chi connectivity index (χ0) is 23.1. The molecule has 0 fully saturated rings. The van der Waals surface area contributed by atoms with Gasteiger partial charge < -0.3 is 15.4 Å². The van der Waals surface area contributed by atoms with Crippen LogP contribution in [-0.4, -0.2) is 37.0 Å². The summed E-state index contributed by atoms with van der Waals surface area (Å²) in [5.74, 6) is -1.90. The topological polar surface area (TPSA) is 84.5 Å². The highest BCUT2D eigenvalue weighted by Gasteiger charge is 2.27. The Hall–Kier alpha value is -3.74. The van der Waals surface area contributed by atoms with E-state index in [1.807, 2.05) is 42.5 Å². The minimum absolute atomic E-state index is 0.147. The van der Waals surface area contributed by atoms with Crippen molar-refractivity contribution in [1.82, 2.24) is 10.6 Å². The maximum absolute atomic E-state index is 13.2. The van der Waals surface area contributed by atoms with Crippen molar-refractivity contribution in [3.05, 3.63) is 83.7 Å². The first kappa shape index (κ1) is 22.9. The number of halogens is 1. The molecule has 2 amide bonds. The van der Waals surface area contributed by atoms with Crippen LogP contribution in [0.3, 0.4) is 0 Å². The molecule has 3 aromatic carbocycles. The van der Waals surface area contributed by atoms with Gasteiger partial charge in [-0.2, -0.15) is 0 Å². The van der Waals surface area contributed by atoms with Crippen LogP contribution < -0.4 is 10.6 Å². The van der Waals surface area contributed by atoms with Gasteiger partial charge in [0.1, 0.15) is 17.9 Å². The van der Waals surface area contributed by atoms with Crippen molar-refractivity contribution in [2.24, 2.45) is 0 Å². The molecule has 2 N–H and O–H groups in total. The molecule has 7 heteroatoms. The van der Waals surface area contributed by atoms with E-state index in [0.29, 0.717) is 5.56 Å². The number of esters is 1. The summed E-state index contributed by atoms with van der Waals surface area (Å²) in [6.45, 7) is 1.30. The van der Waals surface area contributed by atoms with Crippen LogP contribution in [0, 0.1) is 5.82 Å².